The topological polar surface area (TPSA) is 32.3 Å². The molecular formula is C8H15F3N2OS3. The zero-order chi connectivity index (χ0) is 12.9. The smallest absolute Gasteiger partial charge is 0.250 e. The normalized spacial score (nSPS) is 22.4. The maximum absolute atomic E-state index is 12.0. The van der Waals surface area contributed by atoms with Gasteiger partial charge in [0.15, 0.2) is 0 Å². The number of halogens is 3. The minimum atomic E-state index is -4.69. The van der Waals surface area contributed by atoms with E-state index in [9.17, 15) is 17.4 Å². The molecule has 2 atom stereocenters. The molecule has 17 heavy (non-hydrogen) atoms. The van der Waals surface area contributed by atoms with E-state index in [2.05, 4.69) is 4.31 Å². The highest BCUT2D eigenvalue weighted by Crippen LogP contribution is 2.29. The third-order valence-corrected chi connectivity index (χ3v) is 5.36. The van der Waals surface area contributed by atoms with E-state index in [0.29, 0.717) is 0 Å². The molecule has 1 saturated heterocycles. The lowest BCUT2D eigenvalue weighted by atomic mass is 10.2. The number of hydrogen-bond acceptors (Lipinski definition) is 4. The Hall–Kier alpha value is 0.560. The molecule has 1 N–H and O–H groups in total. The summed E-state index contributed by atoms with van der Waals surface area (Å²) in [5.74, 6) is 0. The summed E-state index contributed by atoms with van der Waals surface area (Å²) in [6, 6.07) is 0. The monoisotopic (exact) mass is 308 g/mol. The second-order valence-electron chi connectivity index (χ2n) is 3.58. The fraction of sp³-hybridized carbons (Fsp3) is 1.00. The zero-order valence-electron chi connectivity index (χ0n) is 9.33. The van der Waals surface area contributed by atoms with E-state index in [1.54, 1.807) is 6.92 Å². The molecule has 9 heteroatoms. The molecule has 1 aliphatic rings. The van der Waals surface area contributed by atoms with Gasteiger partial charge in [0.05, 0.1) is 4.58 Å². The summed E-state index contributed by atoms with van der Waals surface area (Å²) in [6.45, 7) is 3.74. The first-order chi connectivity index (χ1) is 7.89. The first kappa shape index (κ1) is 15.6. The van der Waals surface area contributed by atoms with Crippen molar-refractivity contribution in [3.8, 4) is 0 Å². The molecule has 102 valence electrons. The molecule has 0 spiro atoms. The first-order valence-electron chi connectivity index (χ1n) is 5.21. The fourth-order valence-electron chi connectivity index (χ4n) is 1.36. The van der Waals surface area contributed by atoms with E-state index in [1.807, 2.05) is 4.13 Å². The second kappa shape index (κ2) is 7.22. The second-order valence-corrected chi connectivity index (χ2v) is 7.92. The van der Waals surface area contributed by atoms with Gasteiger partial charge in [-0.2, -0.15) is 17.3 Å². The lowest BCUT2D eigenvalue weighted by Crippen LogP contribution is -2.28. The van der Waals surface area contributed by atoms with Crippen LogP contribution in [0.4, 0.5) is 13.2 Å². The minimum absolute atomic E-state index is 0.0978. The summed E-state index contributed by atoms with van der Waals surface area (Å²) in [7, 11) is -2.98. The molecule has 1 heterocycles. The maximum Gasteiger partial charge on any atom is 0.486 e. The molecule has 1 fully saturated rings. The highest BCUT2D eigenvalue weighted by molar-refractivity contribution is 8.18. The Morgan fingerprint density at radius 3 is 2.41 bits per heavy atom. The summed E-state index contributed by atoms with van der Waals surface area (Å²) in [6.07, 6.45) is 3.48. The quantitative estimate of drug-likeness (QED) is 0.625. The Balaban J connectivity index is 2.20. The molecular weight excluding hydrogens is 293 g/mol. The number of rotatable bonds is 5. The van der Waals surface area contributed by atoms with Gasteiger partial charge in [-0.3, -0.25) is 0 Å². The minimum Gasteiger partial charge on any atom is -0.250 e. The van der Waals surface area contributed by atoms with Crippen molar-refractivity contribution < 1.29 is 17.4 Å². The summed E-state index contributed by atoms with van der Waals surface area (Å²) in [5.41, 5.74) is -4.69. The molecule has 1 rings (SSSR count). The van der Waals surface area contributed by atoms with Gasteiger partial charge in [0.25, 0.3) is 0 Å². The van der Waals surface area contributed by atoms with Crippen LogP contribution in [0, 0.1) is 0 Å². The van der Waals surface area contributed by atoms with Gasteiger partial charge in [0, 0.05) is 13.1 Å². The zero-order valence-corrected chi connectivity index (χ0v) is 11.8. The predicted octanol–water partition coefficient (Wildman–Crippen LogP) is 2.89. The van der Waals surface area contributed by atoms with Crippen LogP contribution in [-0.4, -0.2) is 31.7 Å². The van der Waals surface area contributed by atoms with Gasteiger partial charge in [-0.25, -0.2) is 8.51 Å². The molecule has 2 unspecified atom stereocenters. The standard InChI is InChI=1S/C8H15F3N2OS3/c1-7(15-12-17(14)8(9,10)11)16-13-5-3-2-4-6-13/h7,12H,2-6H2,1H3. The van der Waals surface area contributed by atoms with E-state index in [-0.39, 0.29) is 4.58 Å². The van der Waals surface area contributed by atoms with Gasteiger partial charge < -0.3 is 0 Å². The number of piperidine rings is 1. The Morgan fingerprint density at radius 2 is 1.88 bits per heavy atom. The molecule has 0 radical (unpaired) electrons. The highest BCUT2D eigenvalue weighted by atomic mass is 32.3. The summed E-state index contributed by atoms with van der Waals surface area (Å²) < 4.78 is 50.6. The van der Waals surface area contributed by atoms with Crippen molar-refractivity contribution in [3.63, 3.8) is 0 Å². The van der Waals surface area contributed by atoms with Crippen molar-refractivity contribution in [1.29, 1.82) is 0 Å². The highest BCUT2D eigenvalue weighted by Gasteiger charge is 2.37. The van der Waals surface area contributed by atoms with E-state index in [0.717, 1.165) is 37.9 Å². The molecule has 0 bridgehead atoms. The van der Waals surface area contributed by atoms with Gasteiger partial charge >= 0.3 is 5.51 Å². The van der Waals surface area contributed by atoms with Crippen molar-refractivity contribution in [3.05, 3.63) is 0 Å². The van der Waals surface area contributed by atoms with Gasteiger partial charge in [-0.1, -0.05) is 30.3 Å². The molecule has 0 saturated carbocycles. The molecule has 0 amide bonds. The average Bonchev–Trinajstić information content (AvgIpc) is 2.26. The lowest BCUT2D eigenvalue weighted by Gasteiger charge is -2.27. The van der Waals surface area contributed by atoms with Crippen molar-refractivity contribution in [1.82, 2.24) is 8.43 Å². The van der Waals surface area contributed by atoms with Crippen LogP contribution in [0.5, 0.6) is 0 Å². The van der Waals surface area contributed by atoms with E-state index in [1.165, 1.54) is 18.4 Å². The average molecular weight is 308 g/mol. The van der Waals surface area contributed by atoms with Crippen LogP contribution in [0.25, 0.3) is 0 Å². The summed E-state index contributed by atoms with van der Waals surface area (Å²) in [4.78, 5) is 0. The Bertz CT molecular complexity index is 259. The van der Waals surface area contributed by atoms with Gasteiger partial charge in [0.2, 0.25) is 11.0 Å². The Morgan fingerprint density at radius 1 is 1.29 bits per heavy atom. The van der Waals surface area contributed by atoms with Gasteiger partial charge in [-0.05, 0) is 19.8 Å². The summed E-state index contributed by atoms with van der Waals surface area (Å²) in [5, 5.41) is 0. The predicted molar refractivity (Wildman–Crippen MR) is 67.4 cm³/mol. The maximum atomic E-state index is 12.0. The van der Waals surface area contributed by atoms with Crippen LogP contribution in [0.3, 0.4) is 0 Å². The van der Waals surface area contributed by atoms with Crippen molar-refractivity contribution in [2.24, 2.45) is 0 Å². The van der Waals surface area contributed by atoms with Crippen LogP contribution in [-0.2, 0) is 11.0 Å². The van der Waals surface area contributed by atoms with Gasteiger partial charge in [-0.15, -0.1) is 0 Å². The number of nitrogens with one attached hydrogen (secondary N) is 1. The number of hydrogen-bond donors (Lipinski definition) is 1. The Kier molecular flexibility index (Phi) is 6.64. The van der Waals surface area contributed by atoms with E-state index in [4.69, 9.17) is 0 Å². The molecule has 1 aliphatic heterocycles. The summed E-state index contributed by atoms with van der Waals surface area (Å²) >= 11 is 2.36. The molecule has 0 aromatic heterocycles. The molecule has 0 aliphatic carbocycles. The van der Waals surface area contributed by atoms with Crippen LogP contribution in [0.15, 0.2) is 0 Å². The van der Waals surface area contributed by atoms with Crippen LogP contribution in [0.2, 0.25) is 0 Å². The number of nitrogens with zero attached hydrogens (tertiary/aromatic N) is 1. The van der Waals surface area contributed by atoms with Gasteiger partial charge in [0.1, 0.15) is 0 Å². The first-order valence-corrected chi connectivity index (χ1v) is 8.08. The van der Waals surface area contributed by atoms with Crippen molar-refractivity contribution in [2.45, 2.75) is 36.3 Å². The van der Waals surface area contributed by atoms with E-state index >= 15 is 0 Å². The molecule has 3 nitrogen and oxygen atoms in total. The fourth-order valence-corrected chi connectivity index (χ4v) is 4.41. The lowest BCUT2D eigenvalue weighted by molar-refractivity contribution is -0.0388. The van der Waals surface area contributed by atoms with Crippen LogP contribution >= 0.6 is 23.9 Å². The number of alkyl halides is 3. The molecule has 0 aromatic rings. The van der Waals surface area contributed by atoms with Crippen LogP contribution < -0.4 is 4.13 Å². The third-order valence-electron chi connectivity index (χ3n) is 2.11. The van der Waals surface area contributed by atoms with Crippen molar-refractivity contribution >= 4 is 34.9 Å². The SMILES string of the molecule is CC(SNS(=O)C(F)(F)F)SN1CCCCC1. The largest absolute Gasteiger partial charge is 0.486 e. The van der Waals surface area contributed by atoms with Crippen LogP contribution in [0.1, 0.15) is 26.2 Å². The molecule has 0 aromatic carbocycles. The van der Waals surface area contributed by atoms with Crippen molar-refractivity contribution in [2.75, 3.05) is 13.1 Å². The van der Waals surface area contributed by atoms with E-state index < -0.39 is 16.5 Å². The Labute approximate surface area is 110 Å². The third kappa shape index (κ3) is 6.32.